The summed E-state index contributed by atoms with van der Waals surface area (Å²) in [6, 6.07) is 14.4. The summed E-state index contributed by atoms with van der Waals surface area (Å²) < 4.78 is 13.2. The van der Waals surface area contributed by atoms with E-state index in [1.54, 1.807) is 31.2 Å². The number of rotatable bonds is 7. The van der Waals surface area contributed by atoms with E-state index in [1.165, 1.54) is 7.11 Å². The van der Waals surface area contributed by atoms with Gasteiger partial charge in [0, 0.05) is 12.7 Å². The van der Waals surface area contributed by atoms with Gasteiger partial charge < -0.3 is 9.30 Å². The van der Waals surface area contributed by atoms with Gasteiger partial charge in [-0.15, -0.1) is 0 Å². The molecule has 2 rings (SSSR count). The molecule has 0 aliphatic carbocycles. The first-order valence-corrected chi connectivity index (χ1v) is 8.87. The van der Waals surface area contributed by atoms with Crippen molar-refractivity contribution >= 4 is 20.9 Å². The van der Waals surface area contributed by atoms with Gasteiger partial charge in [-0.25, -0.2) is 4.79 Å². The third-order valence-electron chi connectivity index (χ3n) is 3.96. The molecule has 27 heavy (non-hydrogen) atoms. The summed E-state index contributed by atoms with van der Waals surface area (Å²) in [6.07, 6.45) is -0.726. The van der Waals surface area contributed by atoms with Crippen molar-refractivity contribution < 1.29 is 28.7 Å². The second-order valence-electron chi connectivity index (χ2n) is 5.78. The lowest BCUT2D eigenvalue weighted by Gasteiger charge is -2.18. The molecular formula is C20H25O6P. The maximum absolute atomic E-state index is 13.2. The van der Waals surface area contributed by atoms with Crippen LogP contribution in [0.1, 0.15) is 39.9 Å². The van der Waals surface area contributed by atoms with Gasteiger partial charge in [0.25, 0.3) is 0 Å². The van der Waals surface area contributed by atoms with Gasteiger partial charge in [0.1, 0.15) is 5.92 Å². The van der Waals surface area contributed by atoms with E-state index < -0.39 is 18.2 Å². The van der Waals surface area contributed by atoms with Crippen LogP contribution in [-0.4, -0.2) is 25.2 Å². The minimum atomic E-state index is -1.11. The topological polar surface area (TPSA) is 78.9 Å². The Bertz CT molecular complexity index is 742. The van der Waals surface area contributed by atoms with E-state index in [1.807, 2.05) is 38.1 Å². The van der Waals surface area contributed by atoms with E-state index >= 15 is 0 Å². The van der Waals surface area contributed by atoms with Gasteiger partial charge in [0.15, 0.2) is 12.1 Å². The lowest BCUT2D eigenvalue weighted by molar-refractivity contribution is -0.342. The molecule has 3 atom stereocenters. The highest BCUT2D eigenvalue weighted by Crippen LogP contribution is 2.26. The molecule has 0 aromatic heterocycles. The first-order chi connectivity index (χ1) is 13.0. The molecule has 0 aliphatic heterocycles. The van der Waals surface area contributed by atoms with E-state index in [2.05, 4.69) is 0 Å². The molecular weight excluding hydrogens is 367 g/mol. The van der Waals surface area contributed by atoms with Crippen LogP contribution in [0.2, 0.25) is 0 Å². The summed E-state index contributed by atoms with van der Waals surface area (Å²) in [4.78, 5) is 35.5. The van der Waals surface area contributed by atoms with Crippen LogP contribution in [0.3, 0.4) is 0 Å². The molecule has 0 radical (unpaired) electrons. The summed E-state index contributed by atoms with van der Waals surface area (Å²) in [5.41, 5.74) is 2.69. The van der Waals surface area contributed by atoms with E-state index in [-0.39, 0.29) is 5.78 Å². The van der Waals surface area contributed by atoms with Crippen molar-refractivity contribution in [3.05, 3.63) is 70.8 Å². The molecule has 7 heteroatoms. The SMILES string of the molecule is COC(C)OOC(=O)C(C(=O)c1c(C)cccc1C)c1ccccc1.O=[PH3]. The number of Topliss-reactive ketones (excluding diaryl/α,β-unsaturated/α-hetero) is 1. The molecule has 0 bridgehead atoms. The van der Waals surface area contributed by atoms with E-state index in [0.717, 1.165) is 11.1 Å². The molecule has 146 valence electrons. The molecule has 3 unspecified atom stereocenters. The highest BCUT2D eigenvalue weighted by atomic mass is 31.0. The minimum Gasteiger partial charge on any atom is -0.352 e. The monoisotopic (exact) mass is 392 g/mol. The van der Waals surface area contributed by atoms with Crippen molar-refractivity contribution in [2.75, 3.05) is 7.11 Å². The Morgan fingerprint density at radius 1 is 0.926 bits per heavy atom. The molecule has 0 amide bonds. The third-order valence-corrected chi connectivity index (χ3v) is 3.96. The predicted octanol–water partition coefficient (Wildman–Crippen LogP) is 3.68. The zero-order valence-electron chi connectivity index (χ0n) is 15.9. The fourth-order valence-corrected chi connectivity index (χ4v) is 2.59. The Morgan fingerprint density at radius 3 is 2.00 bits per heavy atom. The largest absolute Gasteiger partial charge is 0.357 e. The van der Waals surface area contributed by atoms with E-state index in [0.29, 0.717) is 20.2 Å². The van der Waals surface area contributed by atoms with Crippen LogP contribution < -0.4 is 0 Å². The lowest BCUT2D eigenvalue weighted by Crippen LogP contribution is -2.27. The van der Waals surface area contributed by atoms with Gasteiger partial charge in [-0.2, -0.15) is 4.89 Å². The average molecular weight is 392 g/mol. The standard InChI is InChI=1S/C20H22O5.H3OP/c1-13-9-8-10-14(2)17(13)19(21)18(16-11-6-5-7-12-16)20(22)25-24-15(3)23-4;1-2/h5-12,15,18H,1-4H3;2H3. The number of carbonyl (C=O) groups excluding carboxylic acids is 2. The highest BCUT2D eigenvalue weighted by Gasteiger charge is 2.33. The van der Waals surface area contributed by atoms with Gasteiger partial charge in [0.05, 0.1) is 9.12 Å². The number of benzene rings is 2. The average Bonchev–Trinajstić information content (AvgIpc) is 2.68. The third kappa shape index (κ3) is 6.14. The summed E-state index contributed by atoms with van der Waals surface area (Å²) >= 11 is 0. The van der Waals surface area contributed by atoms with Crippen LogP contribution in [0.5, 0.6) is 0 Å². The molecule has 0 N–H and O–H groups in total. The first kappa shape index (κ1) is 22.8. The fourth-order valence-electron chi connectivity index (χ4n) is 2.59. The Hall–Kier alpha value is -2.27. The number of hydrogen-bond acceptors (Lipinski definition) is 6. The normalized spacial score (nSPS) is 12.4. The summed E-state index contributed by atoms with van der Waals surface area (Å²) in [5, 5.41) is 0. The smallest absolute Gasteiger partial charge is 0.352 e. The molecule has 2 aromatic carbocycles. The van der Waals surface area contributed by atoms with Crippen LogP contribution in [0.4, 0.5) is 0 Å². The zero-order valence-corrected chi connectivity index (χ0v) is 17.3. The minimum absolute atomic E-state index is 0.319. The molecule has 0 fully saturated rings. The Labute approximate surface area is 161 Å². The molecule has 0 spiro atoms. The van der Waals surface area contributed by atoms with Gasteiger partial charge in [-0.1, -0.05) is 48.5 Å². The van der Waals surface area contributed by atoms with Crippen LogP contribution in [-0.2, 0) is 23.9 Å². The maximum Gasteiger partial charge on any atom is 0.357 e. The molecule has 0 aliphatic rings. The second-order valence-corrected chi connectivity index (χ2v) is 5.78. The van der Waals surface area contributed by atoms with Crippen LogP contribution in [0.15, 0.2) is 48.5 Å². The number of ether oxygens (including phenoxy) is 1. The Morgan fingerprint density at radius 2 is 1.48 bits per heavy atom. The predicted molar refractivity (Wildman–Crippen MR) is 105 cm³/mol. The molecule has 2 aromatic rings. The molecule has 0 heterocycles. The zero-order chi connectivity index (χ0) is 20.4. The van der Waals surface area contributed by atoms with Crippen molar-refractivity contribution in [3.63, 3.8) is 0 Å². The number of ketones is 1. The van der Waals surface area contributed by atoms with E-state index in [4.69, 9.17) is 19.1 Å². The second kappa shape index (κ2) is 11.4. The summed E-state index contributed by atoms with van der Waals surface area (Å²) in [5.74, 6) is -2.20. The summed E-state index contributed by atoms with van der Waals surface area (Å²) in [7, 11) is 2.04. The highest BCUT2D eigenvalue weighted by molar-refractivity contribution is 7.00. The lowest BCUT2D eigenvalue weighted by atomic mass is 9.87. The number of hydrogen-bond donors (Lipinski definition) is 0. The number of carbonyl (C=O) groups is 2. The van der Waals surface area contributed by atoms with Crippen molar-refractivity contribution in [3.8, 4) is 0 Å². The van der Waals surface area contributed by atoms with E-state index in [9.17, 15) is 9.59 Å². The Balaban J connectivity index is 0.00000176. The maximum atomic E-state index is 13.2. The van der Waals surface area contributed by atoms with Crippen molar-refractivity contribution in [2.24, 2.45) is 0 Å². The quantitative estimate of drug-likeness (QED) is 0.179. The van der Waals surface area contributed by atoms with Crippen molar-refractivity contribution in [1.82, 2.24) is 0 Å². The van der Waals surface area contributed by atoms with Gasteiger partial charge >= 0.3 is 5.97 Å². The van der Waals surface area contributed by atoms with Crippen LogP contribution in [0, 0.1) is 13.8 Å². The summed E-state index contributed by atoms with van der Waals surface area (Å²) in [6.45, 7) is 5.27. The van der Waals surface area contributed by atoms with Crippen molar-refractivity contribution in [1.29, 1.82) is 0 Å². The van der Waals surface area contributed by atoms with Gasteiger partial charge in [0.2, 0.25) is 0 Å². The number of methoxy groups -OCH3 is 1. The first-order valence-electron chi connectivity index (χ1n) is 8.30. The Kier molecular flexibility index (Phi) is 9.65. The van der Waals surface area contributed by atoms with Crippen LogP contribution >= 0.6 is 9.12 Å². The fraction of sp³-hybridized carbons (Fsp3) is 0.300. The number of aryl methyl sites for hydroxylation is 2. The van der Waals surface area contributed by atoms with Gasteiger partial charge in [-0.05, 0) is 37.5 Å². The van der Waals surface area contributed by atoms with Gasteiger partial charge in [-0.3, -0.25) is 9.68 Å². The molecule has 6 nitrogen and oxygen atoms in total. The molecule has 0 saturated heterocycles. The van der Waals surface area contributed by atoms with Crippen LogP contribution in [0.25, 0.3) is 0 Å². The molecule has 0 saturated carbocycles. The van der Waals surface area contributed by atoms with Crippen molar-refractivity contribution in [2.45, 2.75) is 33.0 Å².